The molecule has 5 nitrogen and oxygen atoms in total. The van der Waals surface area contributed by atoms with E-state index >= 15 is 0 Å². The normalized spacial score (nSPS) is 21.9. The zero-order valence-corrected chi connectivity index (χ0v) is 12.9. The Balaban J connectivity index is 1.85. The summed E-state index contributed by atoms with van der Waals surface area (Å²) in [7, 11) is 1.72. The molecule has 2 rings (SSSR count). The molecule has 1 atom stereocenters. The predicted molar refractivity (Wildman–Crippen MR) is 79.7 cm³/mol. The van der Waals surface area contributed by atoms with Gasteiger partial charge in [-0.25, -0.2) is 0 Å². The second-order valence-electron chi connectivity index (χ2n) is 6.03. The first kappa shape index (κ1) is 15.7. The zero-order chi connectivity index (χ0) is 14.4. The summed E-state index contributed by atoms with van der Waals surface area (Å²) in [5.41, 5.74) is 0. The van der Waals surface area contributed by atoms with Crippen molar-refractivity contribution >= 4 is 5.91 Å². The number of carbonyl (C=O) groups is 1. The van der Waals surface area contributed by atoms with E-state index in [0.717, 1.165) is 45.1 Å². The van der Waals surface area contributed by atoms with Gasteiger partial charge in [-0.3, -0.25) is 9.69 Å². The molecule has 0 aromatic rings. The van der Waals surface area contributed by atoms with Gasteiger partial charge in [0.15, 0.2) is 0 Å². The van der Waals surface area contributed by atoms with Crippen molar-refractivity contribution in [2.24, 2.45) is 5.92 Å². The third kappa shape index (κ3) is 4.72. The summed E-state index contributed by atoms with van der Waals surface area (Å²) in [5, 5.41) is 3.34. The predicted octanol–water partition coefficient (Wildman–Crippen LogP) is 0.555. The number of hydrogen-bond donors (Lipinski definition) is 1. The fourth-order valence-corrected chi connectivity index (χ4v) is 2.88. The van der Waals surface area contributed by atoms with Gasteiger partial charge in [0.2, 0.25) is 5.91 Å². The Morgan fingerprint density at radius 2 is 2.20 bits per heavy atom. The van der Waals surface area contributed by atoms with Gasteiger partial charge in [0.05, 0.1) is 13.2 Å². The van der Waals surface area contributed by atoms with Gasteiger partial charge in [-0.1, -0.05) is 0 Å². The zero-order valence-electron chi connectivity index (χ0n) is 12.9. The van der Waals surface area contributed by atoms with Crippen LogP contribution in [0.1, 0.15) is 26.2 Å². The molecule has 1 heterocycles. The van der Waals surface area contributed by atoms with Crippen LogP contribution >= 0.6 is 0 Å². The van der Waals surface area contributed by atoms with Gasteiger partial charge in [-0.2, -0.15) is 0 Å². The van der Waals surface area contributed by atoms with E-state index in [1.165, 1.54) is 12.8 Å². The van der Waals surface area contributed by atoms with E-state index in [1.54, 1.807) is 7.11 Å². The summed E-state index contributed by atoms with van der Waals surface area (Å²) in [5.74, 6) is 1.06. The van der Waals surface area contributed by atoms with Gasteiger partial charge >= 0.3 is 0 Å². The van der Waals surface area contributed by atoms with E-state index in [0.29, 0.717) is 19.2 Å². The lowest BCUT2D eigenvalue weighted by Crippen LogP contribution is -2.46. The Morgan fingerprint density at radius 3 is 2.90 bits per heavy atom. The second-order valence-corrected chi connectivity index (χ2v) is 6.03. The number of rotatable bonds is 7. The highest BCUT2D eigenvalue weighted by Gasteiger charge is 2.33. The van der Waals surface area contributed by atoms with Crippen LogP contribution in [0.2, 0.25) is 0 Å². The minimum Gasteiger partial charge on any atom is -0.383 e. The lowest BCUT2D eigenvalue weighted by Gasteiger charge is -2.31. The number of amides is 1. The third-order valence-corrected chi connectivity index (χ3v) is 4.49. The van der Waals surface area contributed by atoms with Crippen LogP contribution in [0.5, 0.6) is 0 Å². The van der Waals surface area contributed by atoms with Crippen LogP contribution < -0.4 is 5.32 Å². The molecule has 0 aromatic heterocycles. The maximum absolute atomic E-state index is 12.5. The van der Waals surface area contributed by atoms with Crippen molar-refractivity contribution < 1.29 is 9.53 Å². The minimum absolute atomic E-state index is 0.275. The van der Waals surface area contributed by atoms with Gasteiger partial charge in [0.25, 0.3) is 0 Å². The molecule has 1 amide bonds. The summed E-state index contributed by atoms with van der Waals surface area (Å²) in [6, 6.07) is 0.499. The smallest absolute Gasteiger partial charge is 0.236 e. The van der Waals surface area contributed by atoms with Crippen LogP contribution in [-0.2, 0) is 9.53 Å². The summed E-state index contributed by atoms with van der Waals surface area (Å²) in [6.07, 6.45) is 3.68. The van der Waals surface area contributed by atoms with E-state index in [4.69, 9.17) is 4.74 Å². The highest BCUT2D eigenvalue weighted by atomic mass is 16.5. The molecule has 0 radical (unpaired) electrons. The molecule has 0 spiro atoms. The van der Waals surface area contributed by atoms with Crippen LogP contribution in [0.3, 0.4) is 0 Å². The van der Waals surface area contributed by atoms with Crippen LogP contribution in [0.15, 0.2) is 0 Å². The van der Waals surface area contributed by atoms with Crippen molar-refractivity contribution in [3.8, 4) is 0 Å². The Bertz CT molecular complexity index is 299. The lowest BCUT2D eigenvalue weighted by atomic mass is 10.2. The van der Waals surface area contributed by atoms with E-state index in [-0.39, 0.29) is 5.91 Å². The number of ether oxygens (including phenoxy) is 1. The van der Waals surface area contributed by atoms with Crippen LogP contribution in [-0.4, -0.2) is 74.7 Å². The number of hydrogen-bond acceptors (Lipinski definition) is 4. The molecule has 116 valence electrons. The first-order valence-corrected chi connectivity index (χ1v) is 7.94. The molecule has 1 unspecified atom stereocenters. The average molecular weight is 283 g/mol. The minimum atomic E-state index is 0.275. The van der Waals surface area contributed by atoms with Crippen molar-refractivity contribution in [2.45, 2.75) is 32.2 Å². The SMILES string of the molecule is COCCN(CC(=O)N1CCCNCC1)C(C)C1CC1. The van der Waals surface area contributed by atoms with Crippen molar-refractivity contribution in [3.63, 3.8) is 0 Å². The van der Waals surface area contributed by atoms with Crippen molar-refractivity contribution in [1.29, 1.82) is 0 Å². The first-order valence-electron chi connectivity index (χ1n) is 7.94. The fourth-order valence-electron chi connectivity index (χ4n) is 2.88. The third-order valence-electron chi connectivity index (χ3n) is 4.49. The lowest BCUT2D eigenvalue weighted by molar-refractivity contribution is -0.133. The molecule has 1 aliphatic carbocycles. The highest BCUT2D eigenvalue weighted by molar-refractivity contribution is 5.78. The quantitative estimate of drug-likeness (QED) is 0.741. The molecule has 2 aliphatic rings. The molecular formula is C15H29N3O2. The molecule has 1 saturated carbocycles. The van der Waals surface area contributed by atoms with Crippen LogP contribution in [0, 0.1) is 5.92 Å². The number of nitrogens with one attached hydrogen (secondary N) is 1. The monoisotopic (exact) mass is 283 g/mol. The molecule has 5 heteroatoms. The average Bonchev–Trinajstić information content (AvgIpc) is 3.28. The molecule has 20 heavy (non-hydrogen) atoms. The molecule has 1 aliphatic heterocycles. The van der Waals surface area contributed by atoms with Crippen molar-refractivity contribution in [1.82, 2.24) is 15.1 Å². The number of carbonyl (C=O) groups excluding carboxylic acids is 1. The fraction of sp³-hybridized carbons (Fsp3) is 0.933. The van der Waals surface area contributed by atoms with Crippen LogP contribution in [0.25, 0.3) is 0 Å². The van der Waals surface area contributed by atoms with Gasteiger partial charge in [-0.15, -0.1) is 0 Å². The Labute approximate surface area is 122 Å². The maximum atomic E-state index is 12.5. The Kier molecular flexibility index (Phi) is 6.26. The summed E-state index contributed by atoms with van der Waals surface area (Å²) >= 11 is 0. The summed E-state index contributed by atoms with van der Waals surface area (Å²) < 4.78 is 5.19. The van der Waals surface area contributed by atoms with Gasteiger partial charge in [-0.05, 0) is 38.6 Å². The Hall–Kier alpha value is -0.650. The van der Waals surface area contributed by atoms with Gasteiger partial charge in [0.1, 0.15) is 0 Å². The maximum Gasteiger partial charge on any atom is 0.236 e. The van der Waals surface area contributed by atoms with E-state index in [9.17, 15) is 4.79 Å². The molecule has 1 saturated heterocycles. The largest absolute Gasteiger partial charge is 0.383 e. The van der Waals surface area contributed by atoms with E-state index in [2.05, 4.69) is 17.1 Å². The van der Waals surface area contributed by atoms with Crippen molar-refractivity contribution in [2.75, 3.05) is 53.0 Å². The molecule has 0 aromatic carbocycles. The summed E-state index contributed by atoms with van der Waals surface area (Å²) in [4.78, 5) is 16.8. The Morgan fingerprint density at radius 1 is 1.40 bits per heavy atom. The number of methoxy groups -OCH3 is 1. The first-order chi connectivity index (χ1) is 9.72. The topological polar surface area (TPSA) is 44.8 Å². The molecule has 2 fully saturated rings. The summed E-state index contributed by atoms with van der Waals surface area (Å²) in [6.45, 7) is 8.03. The second kappa shape index (κ2) is 7.96. The molecular weight excluding hydrogens is 254 g/mol. The number of nitrogens with zero attached hydrogens (tertiary/aromatic N) is 2. The van der Waals surface area contributed by atoms with E-state index < -0.39 is 0 Å². The van der Waals surface area contributed by atoms with Crippen molar-refractivity contribution in [3.05, 3.63) is 0 Å². The van der Waals surface area contributed by atoms with E-state index in [1.807, 2.05) is 4.90 Å². The standard InChI is InChI=1S/C15H29N3O2/c1-13(14-4-5-14)18(10-11-20-2)12-15(19)17-8-3-6-16-7-9-17/h13-14,16H,3-12H2,1-2H3. The molecule has 1 N–H and O–H groups in total. The van der Waals surface area contributed by atoms with Crippen LogP contribution in [0.4, 0.5) is 0 Å². The highest BCUT2D eigenvalue weighted by Crippen LogP contribution is 2.35. The van der Waals surface area contributed by atoms with Gasteiger partial charge in [0, 0.05) is 39.3 Å². The molecule has 0 bridgehead atoms. The van der Waals surface area contributed by atoms with Gasteiger partial charge < -0.3 is 15.0 Å².